The minimum Gasteiger partial charge on any atom is -0.393 e. The second kappa shape index (κ2) is 6.66. The molecular weight excluding hydrogens is 392 g/mol. The quantitative estimate of drug-likeness (QED) is 0.391. The van der Waals surface area contributed by atoms with Crippen molar-refractivity contribution in [1.29, 1.82) is 0 Å². The van der Waals surface area contributed by atoms with Crippen LogP contribution in [0.15, 0.2) is 11.6 Å². The Morgan fingerprint density at radius 3 is 2.09 bits per heavy atom. The highest BCUT2D eigenvalue weighted by molar-refractivity contribution is 5.34. The predicted molar refractivity (Wildman–Crippen MR) is 132 cm³/mol. The van der Waals surface area contributed by atoms with Crippen LogP contribution in [-0.4, -0.2) is 22.4 Å². The van der Waals surface area contributed by atoms with Gasteiger partial charge in [0.2, 0.25) is 0 Å². The topological polar surface area (TPSA) is 40.5 Å². The van der Waals surface area contributed by atoms with Crippen molar-refractivity contribution in [3.05, 3.63) is 11.6 Å². The van der Waals surface area contributed by atoms with Crippen molar-refractivity contribution >= 4 is 0 Å². The Labute approximate surface area is 197 Å². The molecule has 0 aromatic carbocycles. The number of aliphatic hydroxyl groups excluding tert-OH is 2. The summed E-state index contributed by atoms with van der Waals surface area (Å²) in [5, 5.41) is 22.2. The van der Waals surface area contributed by atoms with Crippen molar-refractivity contribution in [2.24, 2.45) is 50.2 Å². The zero-order valence-corrected chi connectivity index (χ0v) is 22.2. The van der Waals surface area contributed by atoms with Gasteiger partial charge in [-0.1, -0.05) is 67.0 Å². The number of hydrogen-bond acceptors (Lipinski definition) is 2. The first kappa shape index (κ1) is 23.4. The summed E-state index contributed by atoms with van der Waals surface area (Å²) in [6, 6.07) is 0. The number of fused-ring (bicyclic) bond motifs is 7. The first-order valence-corrected chi connectivity index (χ1v) is 13.7. The van der Waals surface area contributed by atoms with Crippen LogP contribution >= 0.6 is 0 Å². The lowest BCUT2D eigenvalue weighted by Gasteiger charge is -2.71. The van der Waals surface area contributed by atoms with Gasteiger partial charge in [0.1, 0.15) is 0 Å². The zero-order chi connectivity index (χ0) is 23.5. The third-order valence-corrected chi connectivity index (χ3v) is 13.1. The van der Waals surface area contributed by atoms with Gasteiger partial charge in [-0.15, -0.1) is 0 Å². The van der Waals surface area contributed by atoms with E-state index in [0.29, 0.717) is 28.6 Å². The fourth-order valence-corrected chi connectivity index (χ4v) is 10.7. The standard InChI is InChI=1S/C30H50O2/c1-25(2)17-20-19-9-10-22-28(6)13-12-23(31)26(3,4)21(28)11-14-30(22,8)29(19,7)16-15-27(20,5)24(32)18-25/h9,20-24,31-32H,10-18H2,1-8H3. The molecule has 0 spiro atoms. The molecule has 0 aromatic heterocycles. The van der Waals surface area contributed by atoms with Crippen LogP contribution in [0.25, 0.3) is 0 Å². The van der Waals surface area contributed by atoms with Crippen LogP contribution in [0.5, 0.6) is 0 Å². The lowest BCUT2D eigenvalue weighted by Crippen LogP contribution is -2.65. The minimum absolute atomic E-state index is 0.0157. The third-order valence-electron chi connectivity index (χ3n) is 13.1. The molecule has 0 aliphatic heterocycles. The van der Waals surface area contributed by atoms with Crippen LogP contribution in [0, 0.1) is 50.2 Å². The van der Waals surface area contributed by atoms with E-state index in [2.05, 4.69) is 61.5 Å². The molecule has 0 radical (unpaired) electrons. The SMILES string of the molecule is CC1(C)CC(O)C2(C)CCC3(C)C(=CCC4C5(C)CCC(O)C(C)(C)C5CCC43C)C2C1. The van der Waals surface area contributed by atoms with E-state index in [-0.39, 0.29) is 33.9 Å². The second-order valence-electron chi connectivity index (χ2n) is 15.3. The highest BCUT2D eigenvalue weighted by Crippen LogP contribution is 2.75. The molecule has 5 aliphatic carbocycles. The van der Waals surface area contributed by atoms with Crippen molar-refractivity contribution in [2.45, 2.75) is 125 Å². The molecule has 9 unspecified atom stereocenters. The van der Waals surface area contributed by atoms with Gasteiger partial charge in [-0.25, -0.2) is 0 Å². The Bertz CT molecular complexity index is 825. The maximum atomic E-state index is 11.3. The van der Waals surface area contributed by atoms with E-state index < -0.39 is 0 Å². The van der Waals surface area contributed by atoms with E-state index in [9.17, 15) is 10.2 Å². The summed E-state index contributed by atoms with van der Waals surface area (Å²) in [7, 11) is 0. The van der Waals surface area contributed by atoms with Gasteiger partial charge < -0.3 is 10.2 Å². The summed E-state index contributed by atoms with van der Waals surface area (Å²) in [4.78, 5) is 0. The molecule has 2 nitrogen and oxygen atoms in total. The van der Waals surface area contributed by atoms with Gasteiger partial charge in [0.15, 0.2) is 0 Å². The molecule has 5 rings (SSSR count). The maximum absolute atomic E-state index is 11.3. The summed E-state index contributed by atoms with van der Waals surface area (Å²) in [6.45, 7) is 19.7. The maximum Gasteiger partial charge on any atom is 0.0604 e. The zero-order valence-electron chi connectivity index (χ0n) is 22.2. The second-order valence-corrected chi connectivity index (χ2v) is 15.3. The lowest BCUT2D eigenvalue weighted by atomic mass is 9.33. The largest absolute Gasteiger partial charge is 0.393 e. The van der Waals surface area contributed by atoms with Crippen LogP contribution in [0.4, 0.5) is 0 Å². The molecule has 4 saturated carbocycles. The van der Waals surface area contributed by atoms with Crippen molar-refractivity contribution < 1.29 is 10.2 Å². The lowest BCUT2D eigenvalue weighted by molar-refractivity contribution is -0.207. The highest BCUT2D eigenvalue weighted by atomic mass is 16.3. The average Bonchev–Trinajstić information content (AvgIpc) is 2.67. The summed E-state index contributed by atoms with van der Waals surface area (Å²) in [5.74, 6) is 1.83. The van der Waals surface area contributed by atoms with E-state index in [1.165, 1.54) is 38.5 Å². The Balaban J connectivity index is 1.58. The van der Waals surface area contributed by atoms with E-state index in [4.69, 9.17) is 0 Å². The first-order valence-electron chi connectivity index (χ1n) is 13.7. The van der Waals surface area contributed by atoms with Crippen LogP contribution in [0.3, 0.4) is 0 Å². The van der Waals surface area contributed by atoms with Crippen LogP contribution in [-0.2, 0) is 0 Å². The summed E-state index contributed by atoms with van der Waals surface area (Å²) in [6.07, 6.45) is 12.8. The molecule has 0 bridgehead atoms. The number of allylic oxidation sites excluding steroid dienone is 2. The molecule has 2 heteroatoms. The molecule has 32 heavy (non-hydrogen) atoms. The summed E-state index contributed by atoms with van der Waals surface area (Å²) in [5.41, 5.74) is 2.86. The van der Waals surface area contributed by atoms with Gasteiger partial charge in [0, 0.05) is 5.41 Å². The molecule has 0 saturated heterocycles. The first-order chi connectivity index (χ1) is 14.6. The minimum atomic E-state index is -0.180. The highest BCUT2D eigenvalue weighted by Gasteiger charge is 2.68. The number of aliphatic hydroxyl groups is 2. The van der Waals surface area contributed by atoms with Gasteiger partial charge in [-0.05, 0) is 103 Å². The van der Waals surface area contributed by atoms with Gasteiger partial charge >= 0.3 is 0 Å². The van der Waals surface area contributed by atoms with Crippen molar-refractivity contribution in [1.82, 2.24) is 0 Å². The van der Waals surface area contributed by atoms with Gasteiger partial charge in [0.25, 0.3) is 0 Å². The van der Waals surface area contributed by atoms with Crippen LogP contribution in [0.2, 0.25) is 0 Å². The van der Waals surface area contributed by atoms with Crippen LogP contribution in [0.1, 0.15) is 113 Å². The van der Waals surface area contributed by atoms with Crippen molar-refractivity contribution in [3.8, 4) is 0 Å². The average molecular weight is 443 g/mol. The molecule has 182 valence electrons. The summed E-state index contributed by atoms with van der Waals surface area (Å²) < 4.78 is 0. The molecule has 0 aromatic rings. The number of rotatable bonds is 0. The van der Waals surface area contributed by atoms with Gasteiger partial charge in [-0.2, -0.15) is 0 Å². The normalized spacial score (nSPS) is 56.2. The van der Waals surface area contributed by atoms with Crippen molar-refractivity contribution in [2.75, 3.05) is 0 Å². The molecule has 5 aliphatic rings. The monoisotopic (exact) mass is 442 g/mol. The molecule has 9 atom stereocenters. The fraction of sp³-hybridized carbons (Fsp3) is 0.933. The van der Waals surface area contributed by atoms with E-state index >= 15 is 0 Å². The third kappa shape index (κ3) is 2.72. The molecule has 0 heterocycles. The molecular formula is C30H50O2. The molecule has 2 N–H and O–H groups in total. The van der Waals surface area contributed by atoms with Crippen molar-refractivity contribution in [3.63, 3.8) is 0 Å². The Hall–Kier alpha value is -0.340. The molecule has 0 amide bonds. The Kier molecular flexibility index (Phi) is 4.87. The fourth-order valence-electron chi connectivity index (χ4n) is 10.7. The predicted octanol–water partition coefficient (Wildman–Crippen LogP) is 7.14. The summed E-state index contributed by atoms with van der Waals surface area (Å²) >= 11 is 0. The van der Waals surface area contributed by atoms with E-state index in [1.807, 2.05) is 0 Å². The van der Waals surface area contributed by atoms with E-state index in [1.54, 1.807) is 5.57 Å². The number of hydrogen-bond donors (Lipinski definition) is 2. The van der Waals surface area contributed by atoms with Gasteiger partial charge in [-0.3, -0.25) is 0 Å². The Morgan fingerprint density at radius 1 is 0.719 bits per heavy atom. The van der Waals surface area contributed by atoms with E-state index in [0.717, 1.165) is 19.3 Å². The smallest absolute Gasteiger partial charge is 0.0604 e. The molecule has 4 fully saturated rings. The Morgan fingerprint density at radius 2 is 1.41 bits per heavy atom. The van der Waals surface area contributed by atoms with Crippen LogP contribution < -0.4 is 0 Å². The van der Waals surface area contributed by atoms with Gasteiger partial charge in [0.05, 0.1) is 12.2 Å².